The summed E-state index contributed by atoms with van der Waals surface area (Å²) in [5.41, 5.74) is 4.26. The van der Waals surface area contributed by atoms with Crippen molar-refractivity contribution in [3.8, 4) is 17.1 Å². The Morgan fingerprint density at radius 2 is 1.77 bits per heavy atom. The average molecular weight is 414 g/mol. The molecule has 3 heterocycles. The number of carbonyl (C=O) groups excluding carboxylic acids is 1. The number of carbonyl (C=O) groups is 1. The van der Waals surface area contributed by atoms with Gasteiger partial charge in [0.2, 0.25) is 11.7 Å². The van der Waals surface area contributed by atoms with Gasteiger partial charge in [-0.1, -0.05) is 46.6 Å². The van der Waals surface area contributed by atoms with Crippen LogP contribution >= 0.6 is 0 Å². The van der Waals surface area contributed by atoms with E-state index >= 15 is 0 Å². The molecule has 5 rings (SSSR count). The Bertz CT molecular complexity index is 1210. The van der Waals surface area contributed by atoms with Crippen molar-refractivity contribution in [1.29, 1.82) is 0 Å². The Kier molecular flexibility index (Phi) is 4.82. The van der Waals surface area contributed by atoms with E-state index in [0.29, 0.717) is 29.5 Å². The SMILES string of the molecule is Cc1ccc(-c2noc(C3CCCN3C(=O)c3cc(C)ccc3-n3nccn3)n2)cc1. The van der Waals surface area contributed by atoms with Gasteiger partial charge < -0.3 is 9.42 Å². The van der Waals surface area contributed by atoms with Gasteiger partial charge in [0.1, 0.15) is 6.04 Å². The minimum atomic E-state index is -0.252. The van der Waals surface area contributed by atoms with Gasteiger partial charge in [-0.25, -0.2) is 0 Å². The van der Waals surface area contributed by atoms with Crippen molar-refractivity contribution < 1.29 is 9.32 Å². The molecule has 1 unspecified atom stereocenters. The lowest BCUT2D eigenvalue weighted by Gasteiger charge is -2.23. The van der Waals surface area contributed by atoms with Crippen LogP contribution < -0.4 is 0 Å². The van der Waals surface area contributed by atoms with Gasteiger partial charge in [-0.3, -0.25) is 4.79 Å². The summed E-state index contributed by atoms with van der Waals surface area (Å²) in [5.74, 6) is 0.910. The Morgan fingerprint density at radius 1 is 1.03 bits per heavy atom. The predicted octanol–water partition coefficient (Wildman–Crippen LogP) is 3.91. The first kappa shape index (κ1) is 19.2. The number of hydrogen-bond donors (Lipinski definition) is 0. The van der Waals surface area contributed by atoms with Gasteiger partial charge in [0.15, 0.2) is 0 Å². The number of hydrogen-bond acceptors (Lipinski definition) is 6. The van der Waals surface area contributed by atoms with Gasteiger partial charge in [-0.15, -0.1) is 0 Å². The summed E-state index contributed by atoms with van der Waals surface area (Å²) in [4.78, 5) is 21.5. The van der Waals surface area contributed by atoms with Gasteiger partial charge in [0, 0.05) is 12.1 Å². The maximum absolute atomic E-state index is 13.6. The molecule has 1 atom stereocenters. The van der Waals surface area contributed by atoms with Crippen molar-refractivity contribution in [2.45, 2.75) is 32.7 Å². The summed E-state index contributed by atoms with van der Waals surface area (Å²) in [7, 11) is 0. The van der Waals surface area contributed by atoms with Crippen molar-refractivity contribution in [3.63, 3.8) is 0 Å². The smallest absolute Gasteiger partial charge is 0.256 e. The molecule has 1 amide bonds. The van der Waals surface area contributed by atoms with Crippen LogP contribution in [0.15, 0.2) is 59.4 Å². The molecule has 1 fully saturated rings. The van der Waals surface area contributed by atoms with Gasteiger partial charge in [-0.2, -0.15) is 20.0 Å². The highest BCUT2D eigenvalue weighted by Gasteiger charge is 2.35. The van der Waals surface area contributed by atoms with Crippen LogP contribution in [0.25, 0.3) is 17.1 Å². The molecule has 0 spiro atoms. The number of rotatable bonds is 4. The largest absolute Gasteiger partial charge is 0.337 e. The molecule has 0 aliphatic carbocycles. The number of nitrogens with zero attached hydrogens (tertiary/aromatic N) is 6. The Balaban J connectivity index is 1.46. The maximum Gasteiger partial charge on any atom is 0.256 e. The molecule has 1 aliphatic heterocycles. The summed E-state index contributed by atoms with van der Waals surface area (Å²) in [6.45, 7) is 4.63. The average Bonchev–Trinajstić information content (AvgIpc) is 3.54. The fraction of sp³-hybridized carbons (Fsp3) is 0.261. The van der Waals surface area contributed by atoms with Gasteiger partial charge in [-0.05, 0) is 38.8 Å². The standard InChI is InChI=1S/C23H22N6O2/c1-15-5-8-17(9-6-15)21-26-22(31-27-21)20-4-3-13-28(20)23(30)18-14-16(2)7-10-19(18)29-24-11-12-25-29/h5-12,14,20H,3-4,13H2,1-2H3. The second-order valence-corrected chi connectivity index (χ2v) is 7.82. The van der Waals surface area contributed by atoms with Crippen LogP contribution in [-0.4, -0.2) is 42.5 Å². The summed E-state index contributed by atoms with van der Waals surface area (Å²) >= 11 is 0. The summed E-state index contributed by atoms with van der Waals surface area (Å²) < 4.78 is 5.59. The van der Waals surface area contributed by atoms with E-state index in [0.717, 1.165) is 24.0 Å². The molecule has 0 saturated carbocycles. The molecular weight excluding hydrogens is 392 g/mol. The Morgan fingerprint density at radius 3 is 2.55 bits per heavy atom. The van der Waals surface area contributed by atoms with Gasteiger partial charge >= 0.3 is 0 Å². The van der Waals surface area contributed by atoms with E-state index in [-0.39, 0.29) is 11.9 Å². The predicted molar refractivity (Wildman–Crippen MR) is 114 cm³/mol. The zero-order chi connectivity index (χ0) is 21.4. The van der Waals surface area contributed by atoms with E-state index in [1.165, 1.54) is 10.4 Å². The van der Waals surface area contributed by atoms with Crippen molar-refractivity contribution in [1.82, 2.24) is 30.0 Å². The first-order chi connectivity index (χ1) is 15.1. The molecule has 2 aromatic heterocycles. The van der Waals surface area contributed by atoms with Crippen LogP contribution in [0.4, 0.5) is 0 Å². The van der Waals surface area contributed by atoms with Crippen LogP contribution in [0.3, 0.4) is 0 Å². The Hall–Kier alpha value is -3.81. The maximum atomic E-state index is 13.6. The highest BCUT2D eigenvalue weighted by atomic mass is 16.5. The summed E-state index contributed by atoms with van der Waals surface area (Å²) in [5, 5.41) is 12.6. The first-order valence-electron chi connectivity index (χ1n) is 10.3. The molecule has 1 saturated heterocycles. The molecule has 8 heteroatoms. The second kappa shape index (κ2) is 7.79. The minimum Gasteiger partial charge on any atom is -0.337 e. The minimum absolute atomic E-state index is 0.0893. The van der Waals surface area contributed by atoms with Crippen molar-refractivity contribution in [3.05, 3.63) is 77.4 Å². The van der Waals surface area contributed by atoms with Crippen molar-refractivity contribution in [2.24, 2.45) is 0 Å². The fourth-order valence-corrected chi connectivity index (χ4v) is 3.95. The van der Waals surface area contributed by atoms with Crippen LogP contribution in [-0.2, 0) is 0 Å². The van der Waals surface area contributed by atoms with E-state index in [2.05, 4.69) is 20.3 Å². The highest BCUT2D eigenvalue weighted by molar-refractivity contribution is 5.98. The molecule has 0 N–H and O–H groups in total. The molecule has 4 aromatic rings. The van der Waals surface area contributed by atoms with E-state index in [9.17, 15) is 4.79 Å². The molecule has 0 bridgehead atoms. The van der Waals surface area contributed by atoms with Crippen molar-refractivity contribution in [2.75, 3.05) is 6.54 Å². The number of amides is 1. The quantitative estimate of drug-likeness (QED) is 0.503. The molecule has 1 aliphatic rings. The Labute approximate surface area is 179 Å². The van der Waals surface area contributed by atoms with Crippen LogP contribution in [0, 0.1) is 13.8 Å². The monoisotopic (exact) mass is 414 g/mol. The third kappa shape index (κ3) is 3.61. The number of aromatic nitrogens is 5. The first-order valence-corrected chi connectivity index (χ1v) is 10.3. The van der Waals surface area contributed by atoms with Crippen molar-refractivity contribution >= 4 is 5.91 Å². The normalized spacial score (nSPS) is 16.1. The van der Waals surface area contributed by atoms with Crippen LogP contribution in [0.5, 0.6) is 0 Å². The molecule has 8 nitrogen and oxygen atoms in total. The number of likely N-dealkylation sites (tertiary alicyclic amines) is 1. The fourth-order valence-electron chi connectivity index (χ4n) is 3.95. The zero-order valence-electron chi connectivity index (χ0n) is 17.4. The van der Waals surface area contributed by atoms with E-state index in [1.54, 1.807) is 12.4 Å². The highest BCUT2D eigenvalue weighted by Crippen LogP contribution is 2.34. The van der Waals surface area contributed by atoms with E-state index in [1.807, 2.05) is 61.2 Å². The molecule has 156 valence electrons. The van der Waals surface area contributed by atoms with Gasteiger partial charge in [0.05, 0.1) is 23.6 Å². The molecular formula is C23H22N6O2. The summed E-state index contributed by atoms with van der Waals surface area (Å²) in [6, 6.07) is 13.4. The second-order valence-electron chi connectivity index (χ2n) is 7.82. The topological polar surface area (TPSA) is 89.9 Å². The molecule has 31 heavy (non-hydrogen) atoms. The zero-order valence-corrected chi connectivity index (χ0v) is 17.4. The third-order valence-electron chi connectivity index (χ3n) is 5.57. The number of aryl methyl sites for hydroxylation is 2. The van der Waals surface area contributed by atoms with Gasteiger partial charge in [0.25, 0.3) is 5.91 Å². The van der Waals surface area contributed by atoms with E-state index < -0.39 is 0 Å². The third-order valence-corrected chi connectivity index (χ3v) is 5.57. The molecule has 2 aromatic carbocycles. The lowest BCUT2D eigenvalue weighted by molar-refractivity contribution is 0.0709. The number of benzene rings is 2. The summed E-state index contributed by atoms with van der Waals surface area (Å²) in [6.07, 6.45) is 4.85. The van der Waals surface area contributed by atoms with Crippen LogP contribution in [0.1, 0.15) is 46.3 Å². The molecule has 0 radical (unpaired) electrons. The lowest BCUT2D eigenvalue weighted by Crippen LogP contribution is -2.31. The lowest BCUT2D eigenvalue weighted by atomic mass is 10.1. The van der Waals surface area contributed by atoms with E-state index in [4.69, 9.17) is 4.52 Å². The van der Waals surface area contributed by atoms with Crippen LogP contribution in [0.2, 0.25) is 0 Å².